The molecule has 262 valence electrons. The molecule has 1 aliphatic rings. The highest BCUT2D eigenvalue weighted by Crippen LogP contribution is 2.30. The lowest BCUT2D eigenvalue weighted by Gasteiger charge is -2.36. The Hall–Kier alpha value is -3.36. The summed E-state index contributed by atoms with van der Waals surface area (Å²) >= 11 is 0. The molecule has 3 rings (SSSR count). The monoisotopic (exact) mass is 685 g/mol. The molecule has 10 nitrogen and oxygen atoms in total. The van der Waals surface area contributed by atoms with Gasteiger partial charge < -0.3 is 24.4 Å². The Morgan fingerprint density at radius 3 is 2.47 bits per heavy atom. The molecule has 1 heterocycles. The minimum Gasteiger partial charge on any atom is -0.490 e. The van der Waals surface area contributed by atoms with E-state index in [1.54, 1.807) is 32.0 Å². The molecule has 0 fully saturated rings. The summed E-state index contributed by atoms with van der Waals surface area (Å²) in [4.78, 5) is 29.5. The summed E-state index contributed by atoms with van der Waals surface area (Å²) in [7, 11) is -2.56. The zero-order chi connectivity index (χ0) is 34.9. The Kier molecular flexibility index (Phi) is 13.5. The minimum absolute atomic E-state index is 0.00837. The molecule has 14 heteroatoms. The normalized spacial score (nSPS) is 20.8. The van der Waals surface area contributed by atoms with Crippen LogP contribution in [0.5, 0.6) is 5.75 Å². The van der Waals surface area contributed by atoms with Gasteiger partial charge in [0, 0.05) is 44.8 Å². The number of anilines is 1. The molecular weight excluding hydrogens is 639 g/mol. The van der Waals surface area contributed by atoms with Gasteiger partial charge in [0.2, 0.25) is 5.91 Å². The van der Waals surface area contributed by atoms with Crippen molar-refractivity contribution in [3.05, 3.63) is 53.6 Å². The van der Waals surface area contributed by atoms with E-state index in [0.717, 1.165) is 5.56 Å². The van der Waals surface area contributed by atoms with Crippen molar-refractivity contribution in [1.82, 2.24) is 9.80 Å². The number of sulfonamides is 1. The van der Waals surface area contributed by atoms with Crippen molar-refractivity contribution in [2.24, 2.45) is 5.92 Å². The number of ether oxygens (including phenoxy) is 2. The van der Waals surface area contributed by atoms with Crippen LogP contribution in [0.15, 0.2) is 47.4 Å². The number of carbonyl (C=O) groups is 2. The molecule has 2 aromatic rings. The number of nitrogens with zero attached hydrogens (tertiary/aromatic N) is 2. The molecule has 47 heavy (non-hydrogen) atoms. The van der Waals surface area contributed by atoms with Gasteiger partial charge in [0.15, 0.2) is 0 Å². The van der Waals surface area contributed by atoms with Crippen molar-refractivity contribution in [3.63, 3.8) is 0 Å². The number of nitrogens with one attached hydrogen (secondary N) is 1. The van der Waals surface area contributed by atoms with E-state index in [4.69, 9.17) is 9.47 Å². The van der Waals surface area contributed by atoms with Crippen LogP contribution in [0, 0.1) is 12.8 Å². The van der Waals surface area contributed by atoms with E-state index in [2.05, 4.69) is 4.72 Å². The van der Waals surface area contributed by atoms with Gasteiger partial charge in [-0.15, -0.1) is 0 Å². The van der Waals surface area contributed by atoms with Crippen molar-refractivity contribution >= 4 is 27.5 Å². The average molecular weight is 686 g/mol. The molecule has 0 unspecified atom stereocenters. The number of rotatable bonds is 9. The standard InChI is InChI=1S/C33H46F3N3O7S/c1-22-9-12-27(13-10-22)47(43,44)37-26-11-14-29-28(18-26)32(42)39(24(3)21-40)19-23(2)30(45-17-7-6-8-25(4)46-29)20-38(5)31(41)15-16-33(34,35)36/h9-14,18,23-25,30,37,40H,6-8,15-17,19-21H2,1-5H3/t23-,24+,25-,30-/m0/s1. The van der Waals surface area contributed by atoms with E-state index in [1.807, 2.05) is 13.8 Å². The molecule has 0 radical (unpaired) electrons. The quantitative estimate of drug-likeness (QED) is 0.363. The first kappa shape index (κ1) is 38.1. The van der Waals surface area contributed by atoms with Crippen LogP contribution in [0.2, 0.25) is 0 Å². The third-order valence-corrected chi connectivity index (χ3v) is 9.53. The minimum atomic E-state index is -4.46. The molecule has 4 atom stereocenters. The lowest BCUT2D eigenvalue weighted by molar-refractivity contribution is -0.149. The molecule has 0 saturated carbocycles. The highest BCUT2D eigenvalue weighted by molar-refractivity contribution is 7.92. The third-order valence-electron chi connectivity index (χ3n) is 8.14. The maximum absolute atomic E-state index is 14.2. The van der Waals surface area contributed by atoms with Crippen molar-refractivity contribution in [2.75, 3.05) is 38.1 Å². The number of benzene rings is 2. The van der Waals surface area contributed by atoms with E-state index < -0.39 is 58.9 Å². The Morgan fingerprint density at radius 2 is 1.83 bits per heavy atom. The Labute approximate surface area is 275 Å². The van der Waals surface area contributed by atoms with E-state index in [-0.39, 0.29) is 47.7 Å². The fourth-order valence-electron chi connectivity index (χ4n) is 5.19. The lowest BCUT2D eigenvalue weighted by atomic mass is 10.0. The van der Waals surface area contributed by atoms with Crippen molar-refractivity contribution < 1.29 is 45.8 Å². The first-order valence-corrected chi connectivity index (χ1v) is 17.2. The maximum atomic E-state index is 14.2. The van der Waals surface area contributed by atoms with Crippen molar-refractivity contribution in [3.8, 4) is 5.75 Å². The van der Waals surface area contributed by atoms with Crippen LogP contribution in [-0.2, 0) is 19.6 Å². The van der Waals surface area contributed by atoms with Crippen molar-refractivity contribution in [2.45, 2.75) is 89.1 Å². The van der Waals surface area contributed by atoms with Gasteiger partial charge in [-0.3, -0.25) is 14.3 Å². The van der Waals surface area contributed by atoms with Gasteiger partial charge in [-0.2, -0.15) is 13.2 Å². The van der Waals surface area contributed by atoms with Gasteiger partial charge in [-0.25, -0.2) is 8.42 Å². The number of likely N-dealkylation sites (N-methyl/N-ethyl adjacent to an activating group) is 1. The second-order valence-electron chi connectivity index (χ2n) is 12.3. The van der Waals surface area contributed by atoms with Crippen LogP contribution in [0.1, 0.15) is 68.8 Å². The number of amides is 2. The summed E-state index contributed by atoms with van der Waals surface area (Å²) in [5.41, 5.74) is 1.12. The molecule has 2 amide bonds. The Bertz CT molecular complexity index is 1450. The summed E-state index contributed by atoms with van der Waals surface area (Å²) in [6.45, 7) is 7.18. The summed E-state index contributed by atoms with van der Waals surface area (Å²) in [6, 6.07) is 10.1. The number of carbonyl (C=O) groups excluding carboxylic acids is 2. The summed E-state index contributed by atoms with van der Waals surface area (Å²) in [5.74, 6) is -1.36. The summed E-state index contributed by atoms with van der Waals surface area (Å²) < 4.78 is 79.4. The van der Waals surface area contributed by atoms with Gasteiger partial charge in [-0.05, 0) is 70.4 Å². The second-order valence-corrected chi connectivity index (χ2v) is 14.0. The van der Waals surface area contributed by atoms with Gasteiger partial charge in [0.05, 0.1) is 41.7 Å². The topological polar surface area (TPSA) is 125 Å². The van der Waals surface area contributed by atoms with E-state index >= 15 is 0 Å². The predicted molar refractivity (Wildman–Crippen MR) is 172 cm³/mol. The molecule has 2 aromatic carbocycles. The van der Waals surface area contributed by atoms with Gasteiger partial charge in [0.25, 0.3) is 15.9 Å². The SMILES string of the molecule is Cc1ccc(S(=O)(=O)Nc2ccc3c(c2)C(=O)N([C@H](C)CO)C[C@H](C)[C@H](CN(C)C(=O)CCC(F)(F)F)OCCCC[C@H](C)O3)cc1. The summed E-state index contributed by atoms with van der Waals surface area (Å²) in [6.07, 6.45) is -5.31. The molecule has 0 bridgehead atoms. The molecule has 0 aromatic heterocycles. The lowest BCUT2D eigenvalue weighted by Crippen LogP contribution is -2.48. The number of aliphatic hydroxyl groups excluding tert-OH is 1. The van der Waals surface area contributed by atoms with Crippen molar-refractivity contribution in [1.29, 1.82) is 0 Å². The molecule has 2 N–H and O–H groups in total. The first-order valence-electron chi connectivity index (χ1n) is 15.7. The predicted octanol–water partition coefficient (Wildman–Crippen LogP) is 5.39. The molecule has 0 spiro atoms. The highest BCUT2D eigenvalue weighted by atomic mass is 32.2. The second kappa shape index (κ2) is 16.6. The number of halogens is 3. The smallest absolute Gasteiger partial charge is 0.389 e. The highest BCUT2D eigenvalue weighted by Gasteiger charge is 2.32. The van der Waals surface area contributed by atoms with Crippen LogP contribution in [0.3, 0.4) is 0 Å². The van der Waals surface area contributed by atoms with Gasteiger partial charge in [0.1, 0.15) is 5.75 Å². The van der Waals surface area contributed by atoms with Crippen LogP contribution < -0.4 is 9.46 Å². The van der Waals surface area contributed by atoms with Gasteiger partial charge >= 0.3 is 6.18 Å². The Balaban J connectivity index is 1.95. The first-order chi connectivity index (χ1) is 22.0. The molecule has 1 aliphatic heterocycles. The zero-order valence-electron chi connectivity index (χ0n) is 27.5. The molecular formula is C33H46F3N3O7S. The number of alkyl halides is 3. The molecule has 0 saturated heterocycles. The summed E-state index contributed by atoms with van der Waals surface area (Å²) in [5, 5.41) is 10.1. The third kappa shape index (κ3) is 11.4. The number of aryl methyl sites for hydroxylation is 1. The fourth-order valence-corrected chi connectivity index (χ4v) is 6.24. The van der Waals surface area contributed by atoms with Crippen LogP contribution in [0.25, 0.3) is 0 Å². The maximum Gasteiger partial charge on any atom is 0.389 e. The number of fused-ring (bicyclic) bond motifs is 1. The Morgan fingerprint density at radius 1 is 1.15 bits per heavy atom. The van der Waals surface area contributed by atoms with E-state index in [0.29, 0.717) is 25.9 Å². The zero-order valence-corrected chi connectivity index (χ0v) is 28.4. The average Bonchev–Trinajstić information content (AvgIpc) is 3.00. The van der Waals surface area contributed by atoms with E-state index in [9.17, 15) is 36.3 Å². The number of aliphatic hydroxyl groups is 1. The number of hydrogen-bond donors (Lipinski definition) is 2. The fraction of sp³-hybridized carbons (Fsp3) is 0.576. The number of hydrogen-bond acceptors (Lipinski definition) is 7. The molecule has 0 aliphatic carbocycles. The van der Waals surface area contributed by atoms with Crippen LogP contribution in [-0.4, -0.2) is 92.9 Å². The van der Waals surface area contributed by atoms with Gasteiger partial charge in [-0.1, -0.05) is 24.6 Å². The van der Waals surface area contributed by atoms with Crippen LogP contribution >= 0.6 is 0 Å². The largest absolute Gasteiger partial charge is 0.490 e. The van der Waals surface area contributed by atoms with E-state index in [1.165, 1.54) is 41.1 Å². The van der Waals surface area contributed by atoms with Crippen LogP contribution in [0.4, 0.5) is 18.9 Å².